The summed E-state index contributed by atoms with van der Waals surface area (Å²) >= 11 is 0. The Hall–Kier alpha value is -1.38. The van der Waals surface area contributed by atoms with Gasteiger partial charge < -0.3 is 5.32 Å². The predicted octanol–water partition coefficient (Wildman–Crippen LogP) is 1.22. The zero-order valence-electron chi connectivity index (χ0n) is 7.08. The Morgan fingerprint density at radius 2 is 2.17 bits per heavy atom. The van der Waals surface area contributed by atoms with E-state index in [2.05, 4.69) is 10.3 Å². The van der Waals surface area contributed by atoms with Crippen LogP contribution < -0.4 is 5.32 Å². The quantitative estimate of drug-likeness (QED) is 0.729. The molecule has 0 radical (unpaired) electrons. The van der Waals surface area contributed by atoms with Crippen molar-refractivity contribution in [3.63, 3.8) is 0 Å². The Morgan fingerprint density at radius 1 is 1.50 bits per heavy atom. The molecule has 1 N–H and O–H groups in total. The van der Waals surface area contributed by atoms with E-state index in [1.54, 1.807) is 24.5 Å². The zero-order valence-corrected chi connectivity index (χ0v) is 7.08. The van der Waals surface area contributed by atoms with E-state index in [0.29, 0.717) is 5.56 Å². The van der Waals surface area contributed by atoms with Crippen LogP contribution in [-0.4, -0.2) is 17.4 Å². The number of carbonyl (C=O) groups is 1. The van der Waals surface area contributed by atoms with Gasteiger partial charge in [-0.05, 0) is 18.6 Å². The van der Waals surface area contributed by atoms with Crippen LogP contribution in [0, 0.1) is 0 Å². The van der Waals surface area contributed by atoms with E-state index < -0.39 is 0 Å². The molecule has 0 aromatic carbocycles. The lowest BCUT2D eigenvalue weighted by molar-refractivity contribution is 0.0953. The normalized spacial score (nSPS) is 9.42. The van der Waals surface area contributed by atoms with E-state index >= 15 is 0 Å². The molecule has 0 aliphatic carbocycles. The van der Waals surface area contributed by atoms with Gasteiger partial charge in [-0.25, -0.2) is 0 Å². The highest BCUT2D eigenvalue weighted by Crippen LogP contribution is 1.94. The molecule has 0 atom stereocenters. The van der Waals surface area contributed by atoms with Crippen molar-refractivity contribution >= 4 is 5.91 Å². The number of hydrogen-bond acceptors (Lipinski definition) is 2. The average molecular weight is 164 g/mol. The third-order valence-corrected chi connectivity index (χ3v) is 1.48. The zero-order chi connectivity index (χ0) is 8.81. The van der Waals surface area contributed by atoms with Crippen molar-refractivity contribution in [1.29, 1.82) is 0 Å². The number of aromatic nitrogens is 1. The number of hydrogen-bond donors (Lipinski definition) is 1. The smallest absolute Gasteiger partial charge is 0.251 e. The summed E-state index contributed by atoms with van der Waals surface area (Å²) in [5, 5.41) is 2.78. The summed E-state index contributed by atoms with van der Waals surface area (Å²) in [4.78, 5) is 15.1. The van der Waals surface area contributed by atoms with Crippen LogP contribution in [0.2, 0.25) is 0 Å². The fourth-order valence-electron chi connectivity index (χ4n) is 0.844. The summed E-state index contributed by atoms with van der Waals surface area (Å²) in [6, 6.07) is 3.40. The van der Waals surface area contributed by atoms with Crippen LogP contribution in [0.5, 0.6) is 0 Å². The third kappa shape index (κ3) is 2.34. The molecule has 3 heteroatoms. The van der Waals surface area contributed by atoms with Crippen LogP contribution in [-0.2, 0) is 0 Å². The number of rotatable bonds is 3. The molecule has 0 bridgehead atoms. The Bertz CT molecular complexity index is 246. The molecule has 0 unspecified atom stereocenters. The summed E-state index contributed by atoms with van der Waals surface area (Å²) in [5.74, 6) is -0.0285. The Kier molecular flexibility index (Phi) is 3.26. The van der Waals surface area contributed by atoms with E-state index in [0.717, 1.165) is 13.0 Å². The molecule has 0 aliphatic rings. The number of carbonyl (C=O) groups excluding carboxylic acids is 1. The van der Waals surface area contributed by atoms with E-state index in [1.807, 2.05) is 6.92 Å². The number of pyridine rings is 1. The van der Waals surface area contributed by atoms with E-state index in [1.165, 1.54) is 0 Å². The van der Waals surface area contributed by atoms with Gasteiger partial charge in [-0.2, -0.15) is 0 Å². The molecule has 1 aromatic rings. The first-order valence-electron chi connectivity index (χ1n) is 4.03. The lowest BCUT2D eigenvalue weighted by Crippen LogP contribution is -2.23. The van der Waals surface area contributed by atoms with Gasteiger partial charge in [0.2, 0.25) is 0 Å². The molecular weight excluding hydrogens is 152 g/mol. The maximum atomic E-state index is 11.3. The van der Waals surface area contributed by atoms with E-state index in [9.17, 15) is 4.79 Å². The van der Waals surface area contributed by atoms with Crippen LogP contribution in [0.4, 0.5) is 0 Å². The van der Waals surface area contributed by atoms with Crippen molar-refractivity contribution in [2.45, 2.75) is 13.3 Å². The number of nitrogens with zero attached hydrogens (tertiary/aromatic N) is 1. The minimum Gasteiger partial charge on any atom is -0.352 e. The first-order chi connectivity index (χ1) is 5.84. The topological polar surface area (TPSA) is 42.0 Å². The highest BCUT2D eigenvalue weighted by atomic mass is 16.1. The van der Waals surface area contributed by atoms with Crippen LogP contribution >= 0.6 is 0 Å². The second kappa shape index (κ2) is 4.49. The molecule has 0 saturated heterocycles. The third-order valence-electron chi connectivity index (χ3n) is 1.48. The van der Waals surface area contributed by atoms with Crippen molar-refractivity contribution in [3.8, 4) is 0 Å². The summed E-state index contributed by atoms with van der Waals surface area (Å²) in [6.45, 7) is 2.74. The summed E-state index contributed by atoms with van der Waals surface area (Å²) in [7, 11) is 0. The second-order valence-corrected chi connectivity index (χ2v) is 2.49. The van der Waals surface area contributed by atoms with Crippen LogP contribution in [0.15, 0.2) is 24.5 Å². The summed E-state index contributed by atoms with van der Waals surface area (Å²) in [6.07, 6.45) is 4.18. The first kappa shape index (κ1) is 8.71. The molecule has 0 fully saturated rings. The molecule has 0 spiro atoms. The first-order valence-corrected chi connectivity index (χ1v) is 4.03. The largest absolute Gasteiger partial charge is 0.352 e. The molecule has 3 nitrogen and oxygen atoms in total. The van der Waals surface area contributed by atoms with E-state index in [-0.39, 0.29) is 5.91 Å². The molecule has 0 aliphatic heterocycles. The van der Waals surface area contributed by atoms with Gasteiger partial charge >= 0.3 is 0 Å². The van der Waals surface area contributed by atoms with Crippen molar-refractivity contribution in [1.82, 2.24) is 10.3 Å². The minimum absolute atomic E-state index is 0.0285. The fraction of sp³-hybridized carbons (Fsp3) is 0.333. The van der Waals surface area contributed by atoms with Gasteiger partial charge in [0.25, 0.3) is 5.91 Å². The van der Waals surface area contributed by atoms with Gasteiger partial charge in [0.15, 0.2) is 0 Å². The molecule has 12 heavy (non-hydrogen) atoms. The molecule has 1 rings (SSSR count). The molecule has 0 saturated carbocycles. The molecular formula is C9H12N2O. The maximum Gasteiger partial charge on any atom is 0.251 e. The van der Waals surface area contributed by atoms with Gasteiger partial charge in [-0.15, -0.1) is 0 Å². The molecule has 1 aromatic heterocycles. The van der Waals surface area contributed by atoms with Gasteiger partial charge in [0.05, 0.1) is 0 Å². The molecule has 64 valence electrons. The summed E-state index contributed by atoms with van der Waals surface area (Å²) < 4.78 is 0. The Balaban J connectivity index is 2.54. The SMILES string of the molecule is CCCNC(=O)c1ccncc1. The average Bonchev–Trinajstić information content (AvgIpc) is 2.15. The standard InChI is InChI=1S/C9H12N2O/c1-2-5-11-9(12)8-3-6-10-7-4-8/h3-4,6-7H,2,5H2,1H3,(H,11,12). The van der Waals surface area contributed by atoms with Crippen LogP contribution in [0.3, 0.4) is 0 Å². The maximum absolute atomic E-state index is 11.3. The monoisotopic (exact) mass is 164 g/mol. The van der Waals surface area contributed by atoms with Crippen molar-refractivity contribution in [2.24, 2.45) is 0 Å². The number of amides is 1. The second-order valence-electron chi connectivity index (χ2n) is 2.49. The molecule has 1 heterocycles. The predicted molar refractivity (Wildman–Crippen MR) is 46.9 cm³/mol. The Morgan fingerprint density at radius 3 is 2.75 bits per heavy atom. The highest BCUT2D eigenvalue weighted by molar-refractivity contribution is 5.93. The fourth-order valence-corrected chi connectivity index (χ4v) is 0.844. The van der Waals surface area contributed by atoms with Gasteiger partial charge in [0.1, 0.15) is 0 Å². The summed E-state index contributed by atoms with van der Waals surface area (Å²) in [5.41, 5.74) is 0.665. The van der Waals surface area contributed by atoms with Gasteiger partial charge in [-0.1, -0.05) is 6.92 Å². The van der Waals surface area contributed by atoms with Gasteiger partial charge in [-0.3, -0.25) is 9.78 Å². The number of nitrogens with one attached hydrogen (secondary N) is 1. The van der Waals surface area contributed by atoms with Gasteiger partial charge in [0, 0.05) is 24.5 Å². The lowest BCUT2D eigenvalue weighted by Gasteiger charge is -2.01. The van der Waals surface area contributed by atoms with E-state index in [4.69, 9.17) is 0 Å². The van der Waals surface area contributed by atoms with Crippen molar-refractivity contribution in [3.05, 3.63) is 30.1 Å². The van der Waals surface area contributed by atoms with Crippen molar-refractivity contribution < 1.29 is 4.79 Å². The lowest BCUT2D eigenvalue weighted by atomic mass is 10.2. The Labute approximate surface area is 71.8 Å². The van der Waals surface area contributed by atoms with Crippen LogP contribution in [0.1, 0.15) is 23.7 Å². The highest BCUT2D eigenvalue weighted by Gasteiger charge is 2.01. The molecule has 1 amide bonds. The van der Waals surface area contributed by atoms with Crippen LogP contribution in [0.25, 0.3) is 0 Å². The minimum atomic E-state index is -0.0285. The van der Waals surface area contributed by atoms with Crippen molar-refractivity contribution in [2.75, 3.05) is 6.54 Å².